The van der Waals surface area contributed by atoms with Gasteiger partial charge in [-0.1, -0.05) is 12.1 Å². The Labute approximate surface area is 133 Å². The molecule has 0 unspecified atom stereocenters. The third kappa shape index (κ3) is 2.79. The molecule has 1 aromatic carbocycles. The predicted molar refractivity (Wildman–Crippen MR) is 86.6 cm³/mol. The zero-order chi connectivity index (χ0) is 15.9. The standard InChI is InChI=1S/C15H16N2O3S2/c1-10-3-6-15(21-10)22(19,20)16-9-11-4-5-13-12(7-11)8-14(18)17(13)2/h3-7,16H,8-9H2,1-2H3. The third-order valence-corrected chi connectivity index (χ3v) is 6.56. The van der Waals surface area contributed by atoms with Gasteiger partial charge in [-0.25, -0.2) is 13.1 Å². The number of fused-ring (bicyclic) bond motifs is 1. The van der Waals surface area contributed by atoms with Crippen molar-refractivity contribution < 1.29 is 13.2 Å². The van der Waals surface area contributed by atoms with Gasteiger partial charge in [-0.3, -0.25) is 4.79 Å². The number of amides is 1. The molecule has 0 saturated carbocycles. The fourth-order valence-electron chi connectivity index (χ4n) is 2.44. The molecule has 7 heteroatoms. The lowest BCUT2D eigenvalue weighted by atomic mass is 10.1. The molecule has 1 N–H and O–H groups in total. The Balaban J connectivity index is 1.75. The molecule has 116 valence electrons. The van der Waals surface area contributed by atoms with Gasteiger partial charge in [-0.05, 0) is 36.2 Å². The van der Waals surface area contributed by atoms with E-state index in [1.807, 2.05) is 25.1 Å². The Kier molecular flexibility index (Phi) is 3.80. The molecule has 0 aliphatic carbocycles. The number of likely N-dealkylation sites (N-methyl/N-ethyl adjacent to an activating group) is 1. The van der Waals surface area contributed by atoms with Crippen LogP contribution in [0.15, 0.2) is 34.5 Å². The van der Waals surface area contributed by atoms with E-state index in [1.165, 1.54) is 11.3 Å². The Hall–Kier alpha value is -1.70. The summed E-state index contributed by atoms with van der Waals surface area (Å²) in [5, 5.41) is 0. The molecule has 0 fully saturated rings. The molecule has 3 rings (SSSR count). The largest absolute Gasteiger partial charge is 0.315 e. The summed E-state index contributed by atoms with van der Waals surface area (Å²) in [5.41, 5.74) is 2.68. The lowest BCUT2D eigenvalue weighted by molar-refractivity contribution is -0.117. The van der Waals surface area contributed by atoms with E-state index >= 15 is 0 Å². The molecule has 0 bridgehead atoms. The van der Waals surface area contributed by atoms with Crippen molar-refractivity contribution in [2.75, 3.05) is 11.9 Å². The van der Waals surface area contributed by atoms with Crippen molar-refractivity contribution in [1.29, 1.82) is 0 Å². The number of rotatable bonds is 4. The summed E-state index contributed by atoms with van der Waals surface area (Å²) in [6, 6.07) is 8.99. The van der Waals surface area contributed by atoms with E-state index in [1.54, 1.807) is 24.1 Å². The van der Waals surface area contributed by atoms with Gasteiger partial charge in [-0.2, -0.15) is 0 Å². The second-order valence-electron chi connectivity index (χ2n) is 5.28. The van der Waals surface area contributed by atoms with Crippen molar-refractivity contribution in [3.05, 3.63) is 46.3 Å². The Morgan fingerprint density at radius 3 is 2.73 bits per heavy atom. The molecule has 0 atom stereocenters. The van der Waals surface area contributed by atoms with Crippen molar-refractivity contribution in [1.82, 2.24) is 4.72 Å². The summed E-state index contributed by atoms with van der Waals surface area (Å²) in [4.78, 5) is 14.2. The molecule has 1 aliphatic rings. The van der Waals surface area contributed by atoms with Crippen LogP contribution >= 0.6 is 11.3 Å². The SMILES string of the molecule is Cc1ccc(S(=O)(=O)NCc2ccc3c(c2)CC(=O)N3C)s1. The zero-order valence-electron chi connectivity index (χ0n) is 12.3. The van der Waals surface area contributed by atoms with Gasteiger partial charge >= 0.3 is 0 Å². The summed E-state index contributed by atoms with van der Waals surface area (Å²) >= 11 is 1.25. The van der Waals surface area contributed by atoms with Gasteiger partial charge < -0.3 is 4.90 Å². The highest BCUT2D eigenvalue weighted by Crippen LogP contribution is 2.28. The second-order valence-corrected chi connectivity index (χ2v) is 8.56. The summed E-state index contributed by atoms with van der Waals surface area (Å²) < 4.78 is 27.3. The first-order valence-corrected chi connectivity index (χ1v) is 9.11. The van der Waals surface area contributed by atoms with Gasteiger partial charge in [0.15, 0.2) is 0 Å². The molecule has 0 radical (unpaired) electrons. The smallest absolute Gasteiger partial charge is 0.250 e. The summed E-state index contributed by atoms with van der Waals surface area (Å²) in [7, 11) is -1.74. The quantitative estimate of drug-likeness (QED) is 0.929. The number of aryl methyl sites for hydroxylation is 1. The molecule has 22 heavy (non-hydrogen) atoms. The first-order valence-electron chi connectivity index (χ1n) is 6.81. The fourth-order valence-corrected chi connectivity index (χ4v) is 4.79. The van der Waals surface area contributed by atoms with Crippen molar-refractivity contribution >= 4 is 33.0 Å². The number of anilines is 1. The van der Waals surface area contributed by atoms with Gasteiger partial charge in [0.05, 0.1) is 6.42 Å². The van der Waals surface area contributed by atoms with Gasteiger partial charge in [0, 0.05) is 24.2 Å². The van der Waals surface area contributed by atoms with Crippen molar-refractivity contribution in [3.63, 3.8) is 0 Å². The molecule has 1 aliphatic heterocycles. The maximum Gasteiger partial charge on any atom is 0.250 e. The molecule has 1 aromatic heterocycles. The van der Waals surface area contributed by atoms with Crippen LogP contribution in [-0.2, 0) is 27.8 Å². The lowest BCUT2D eigenvalue weighted by Crippen LogP contribution is -2.22. The van der Waals surface area contributed by atoms with Gasteiger partial charge in [0.25, 0.3) is 0 Å². The third-order valence-electron chi connectivity index (χ3n) is 3.67. The Morgan fingerprint density at radius 1 is 1.27 bits per heavy atom. The van der Waals surface area contributed by atoms with Crippen LogP contribution in [0.2, 0.25) is 0 Å². The maximum absolute atomic E-state index is 12.2. The summed E-state index contributed by atoms with van der Waals surface area (Å²) in [6.45, 7) is 2.09. The average Bonchev–Trinajstić information content (AvgIpc) is 3.02. The maximum atomic E-state index is 12.2. The predicted octanol–water partition coefficient (Wildman–Crippen LogP) is 2.05. The molecular weight excluding hydrogens is 320 g/mol. The number of hydrogen-bond donors (Lipinski definition) is 1. The Morgan fingerprint density at radius 2 is 2.05 bits per heavy atom. The number of carbonyl (C=O) groups excluding carboxylic acids is 1. The van der Waals surface area contributed by atoms with Crippen molar-refractivity contribution in [2.45, 2.75) is 24.1 Å². The normalized spacial score (nSPS) is 14.5. The second kappa shape index (κ2) is 5.49. The number of benzene rings is 1. The monoisotopic (exact) mass is 336 g/mol. The summed E-state index contributed by atoms with van der Waals surface area (Å²) in [6.07, 6.45) is 0.372. The minimum absolute atomic E-state index is 0.0572. The number of thiophene rings is 1. The molecule has 0 saturated heterocycles. The van der Waals surface area contributed by atoms with E-state index in [0.29, 0.717) is 10.6 Å². The first-order chi connectivity index (χ1) is 10.4. The highest BCUT2D eigenvalue weighted by atomic mass is 32.2. The van der Waals surface area contributed by atoms with E-state index in [4.69, 9.17) is 0 Å². The minimum Gasteiger partial charge on any atom is -0.315 e. The highest BCUT2D eigenvalue weighted by molar-refractivity contribution is 7.91. The molecule has 2 aromatic rings. The van der Waals surface area contributed by atoms with Crippen LogP contribution in [-0.4, -0.2) is 21.4 Å². The topological polar surface area (TPSA) is 66.5 Å². The number of carbonyl (C=O) groups is 1. The van der Waals surface area contributed by atoms with Gasteiger partial charge in [0.2, 0.25) is 15.9 Å². The number of sulfonamides is 1. The van der Waals surface area contributed by atoms with Crippen LogP contribution in [0.4, 0.5) is 5.69 Å². The van der Waals surface area contributed by atoms with Gasteiger partial charge in [-0.15, -0.1) is 11.3 Å². The van der Waals surface area contributed by atoms with E-state index in [2.05, 4.69) is 4.72 Å². The molecular formula is C15H16N2O3S2. The molecule has 5 nitrogen and oxygen atoms in total. The Bertz CT molecular complexity index is 840. The van der Waals surface area contributed by atoms with Crippen LogP contribution in [0.5, 0.6) is 0 Å². The van der Waals surface area contributed by atoms with E-state index in [9.17, 15) is 13.2 Å². The van der Waals surface area contributed by atoms with Crippen LogP contribution in [0, 0.1) is 6.92 Å². The van der Waals surface area contributed by atoms with E-state index in [0.717, 1.165) is 21.7 Å². The van der Waals surface area contributed by atoms with E-state index < -0.39 is 10.0 Å². The van der Waals surface area contributed by atoms with E-state index in [-0.39, 0.29) is 12.5 Å². The van der Waals surface area contributed by atoms with Crippen LogP contribution in [0.25, 0.3) is 0 Å². The highest BCUT2D eigenvalue weighted by Gasteiger charge is 2.24. The van der Waals surface area contributed by atoms with Gasteiger partial charge in [0.1, 0.15) is 4.21 Å². The van der Waals surface area contributed by atoms with Crippen molar-refractivity contribution in [2.24, 2.45) is 0 Å². The number of nitrogens with one attached hydrogen (secondary N) is 1. The number of hydrogen-bond acceptors (Lipinski definition) is 4. The minimum atomic E-state index is -3.48. The van der Waals surface area contributed by atoms with Crippen LogP contribution in [0.3, 0.4) is 0 Å². The average molecular weight is 336 g/mol. The molecule has 2 heterocycles. The fraction of sp³-hybridized carbons (Fsp3) is 0.267. The van der Waals surface area contributed by atoms with Crippen LogP contribution < -0.4 is 9.62 Å². The van der Waals surface area contributed by atoms with Crippen molar-refractivity contribution in [3.8, 4) is 0 Å². The van der Waals surface area contributed by atoms with Crippen LogP contribution in [0.1, 0.15) is 16.0 Å². The number of nitrogens with zero attached hydrogens (tertiary/aromatic N) is 1. The first kappa shape index (κ1) is 15.2. The summed E-state index contributed by atoms with van der Waals surface area (Å²) in [5.74, 6) is 0.0572. The lowest BCUT2D eigenvalue weighted by Gasteiger charge is -2.11. The zero-order valence-corrected chi connectivity index (χ0v) is 13.9. The molecule has 1 amide bonds. The molecule has 0 spiro atoms.